The van der Waals surface area contributed by atoms with Crippen LogP contribution in [0.3, 0.4) is 0 Å². The highest BCUT2D eigenvalue weighted by atomic mass is 16.1. The third-order valence-corrected chi connectivity index (χ3v) is 1.23. The van der Waals surface area contributed by atoms with Crippen molar-refractivity contribution in [2.45, 2.75) is 6.42 Å². The molecule has 1 N–H and O–H groups in total. The van der Waals surface area contributed by atoms with Crippen LogP contribution in [0.25, 0.3) is 0 Å². The summed E-state index contributed by atoms with van der Waals surface area (Å²) in [5.41, 5.74) is 0. The van der Waals surface area contributed by atoms with Gasteiger partial charge in [0.2, 0.25) is 5.91 Å². The van der Waals surface area contributed by atoms with Gasteiger partial charge in [-0.15, -0.1) is 0 Å². The van der Waals surface area contributed by atoms with Crippen molar-refractivity contribution in [1.29, 1.82) is 0 Å². The Balaban J connectivity index is 3.37. The molecule has 0 aliphatic rings. The van der Waals surface area contributed by atoms with E-state index in [0.29, 0.717) is 6.54 Å². The first-order valence-corrected chi connectivity index (χ1v) is 3.39. The van der Waals surface area contributed by atoms with Crippen LogP contribution < -0.4 is 5.32 Å². The van der Waals surface area contributed by atoms with Crippen LogP contribution in [0.1, 0.15) is 6.42 Å². The van der Waals surface area contributed by atoms with E-state index in [9.17, 15) is 4.79 Å². The van der Waals surface area contributed by atoms with Gasteiger partial charge in [-0.05, 0) is 20.0 Å². The van der Waals surface area contributed by atoms with Crippen molar-refractivity contribution in [3.8, 4) is 0 Å². The van der Waals surface area contributed by atoms with Gasteiger partial charge in [0.05, 0.1) is 6.54 Å². The number of carbonyl (C=O) groups excluding carboxylic acids is 1. The fourth-order valence-corrected chi connectivity index (χ4v) is 0.673. The zero-order valence-corrected chi connectivity index (χ0v) is 6.68. The first-order valence-electron chi connectivity index (χ1n) is 3.39. The van der Waals surface area contributed by atoms with Crippen LogP contribution in [0.4, 0.5) is 0 Å². The van der Waals surface area contributed by atoms with Gasteiger partial charge in [0.1, 0.15) is 0 Å². The molecule has 0 saturated carbocycles. The van der Waals surface area contributed by atoms with Crippen molar-refractivity contribution in [3.63, 3.8) is 0 Å². The van der Waals surface area contributed by atoms with Crippen LogP contribution in [-0.4, -0.2) is 38.0 Å². The molecule has 0 aromatic heterocycles. The molecule has 0 aromatic carbocycles. The second-order valence-electron chi connectivity index (χ2n) is 2.26. The average Bonchev–Trinajstić information content (AvgIpc) is 1.88. The fourth-order valence-electron chi connectivity index (χ4n) is 0.673. The molecular formula is C7H15N2O. The molecule has 0 spiro atoms. The van der Waals surface area contributed by atoms with Crippen LogP contribution >= 0.6 is 0 Å². The molecule has 1 amide bonds. The van der Waals surface area contributed by atoms with Gasteiger partial charge in [0.15, 0.2) is 0 Å². The summed E-state index contributed by atoms with van der Waals surface area (Å²) in [4.78, 5) is 12.7. The Morgan fingerprint density at radius 3 is 2.70 bits per heavy atom. The lowest BCUT2D eigenvalue weighted by Gasteiger charge is -2.13. The zero-order valence-electron chi connectivity index (χ0n) is 6.68. The van der Waals surface area contributed by atoms with Crippen LogP contribution in [-0.2, 0) is 4.79 Å². The van der Waals surface area contributed by atoms with Gasteiger partial charge in [0, 0.05) is 7.05 Å². The third kappa shape index (κ3) is 4.32. The first-order chi connectivity index (χ1) is 4.70. The number of hydrogen-bond acceptors (Lipinski definition) is 2. The molecule has 59 valence electrons. The highest BCUT2D eigenvalue weighted by molar-refractivity contribution is 5.77. The van der Waals surface area contributed by atoms with Crippen molar-refractivity contribution < 1.29 is 4.79 Å². The molecule has 0 bridgehead atoms. The molecule has 0 aliphatic carbocycles. The Hall–Kier alpha value is -0.570. The van der Waals surface area contributed by atoms with Crippen molar-refractivity contribution in [2.75, 3.05) is 27.2 Å². The Kier molecular flexibility index (Phi) is 4.94. The third-order valence-electron chi connectivity index (χ3n) is 1.23. The lowest BCUT2D eigenvalue weighted by Crippen LogP contribution is -2.33. The summed E-state index contributed by atoms with van der Waals surface area (Å²) in [6.07, 6.45) is 0.841. The maximum Gasteiger partial charge on any atom is 0.233 e. The number of carbonyl (C=O) groups is 1. The highest BCUT2D eigenvalue weighted by Gasteiger charge is 2.01. The van der Waals surface area contributed by atoms with E-state index in [0.717, 1.165) is 13.0 Å². The number of nitrogens with zero attached hydrogens (tertiary/aromatic N) is 1. The minimum Gasteiger partial charge on any atom is -0.358 e. The Morgan fingerprint density at radius 2 is 2.30 bits per heavy atom. The largest absolute Gasteiger partial charge is 0.358 e. The minimum atomic E-state index is 0.0518. The molecule has 0 aliphatic heterocycles. The van der Waals surface area contributed by atoms with E-state index in [4.69, 9.17) is 0 Å². The Labute approximate surface area is 62.4 Å². The van der Waals surface area contributed by atoms with Crippen LogP contribution in [0.5, 0.6) is 0 Å². The Bertz CT molecular complexity index is 104. The van der Waals surface area contributed by atoms with E-state index in [1.807, 2.05) is 11.9 Å². The van der Waals surface area contributed by atoms with Gasteiger partial charge in [-0.3, -0.25) is 9.69 Å². The van der Waals surface area contributed by atoms with Crippen LogP contribution in [0, 0.1) is 6.92 Å². The minimum absolute atomic E-state index is 0.0518. The summed E-state index contributed by atoms with van der Waals surface area (Å²) in [6, 6.07) is 0. The SMILES string of the molecule is [CH2]CCN(C)CC(=O)NC. The predicted molar refractivity (Wildman–Crippen MR) is 41.5 cm³/mol. The monoisotopic (exact) mass is 143 g/mol. The van der Waals surface area contributed by atoms with Gasteiger partial charge < -0.3 is 5.32 Å². The first kappa shape index (κ1) is 9.43. The van der Waals surface area contributed by atoms with Crippen molar-refractivity contribution in [3.05, 3.63) is 6.92 Å². The van der Waals surface area contributed by atoms with Crippen molar-refractivity contribution >= 4 is 5.91 Å². The topological polar surface area (TPSA) is 32.3 Å². The molecule has 0 aromatic rings. The smallest absolute Gasteiger partial charge is 0.233 e. The number of likely N-dealkylation sites (N-methyl/N-ethyl adjacent to an activating group) is 2. The Morgan fingerprint density at radius 1 is 1.70 bits per heavy atom. The predicted octanol–water partition coefficient (Wildman–Crippen LogP) is -0.112. The fraction of sp³-hybridized carbons (Fsp3) is 0.714. The van der Waals surface area contributed by atoms with E-state index in [-0.39, 0.29) is 5.91 Å². The number of amides is 1. The number of rotatable bonds is 4. The molecule has 1 radical (unpaired) electrons. The van der Waals surface area contributed by atoms with E-state index < -0.39 is 0 Å². The van der Waals surface area contributed by atoms with E-state index in [1.165, 1.54) is 0 Å². The van der Waals surface area contributed by atoms with E-state index >= 15 is 0 Å². The molecule has 0 rings (SSSR count). The second kappa shape index (κ2) is 5.23. The lowest BCUT2D eigenvalue weighted by molar-refractivity contribution is -0.121. The van der Waals surface area contributed by atoms with Crippen molar-refractivity contribution in [1.82, 2.24) is 10.2 Å². The standard InChI is InChI=1S/C7H15N2O/c1-4-5-9(3)6-7(10)8-2/h1,4-6H2,2-3H3,(H,8,10). The van der Waals surface area contributed by atoms with Gasteiger partial charge in [-0.25, -0.2) is 0 Å². The van der Waals surface area contributed by atoms with Gasteiger partial charge in [-0.2, -0.15) is 0 Å². The number of hydrogen-bond donors (Lipinski definition) is 1. The average molecular weight is 143 g/mol. The molecule has 3 nitrogen and oxygen atoms in total. The van der Waals surface area contributed by atoms with Crippen molar-refractivity contribution in [2.24, 2.45) is 0 Å². The van der Waals surface area contributed by atoms with E-state index in [1.54, 1.807) is 7.05 Å². The summed E-state index contributed by atoms with van der Waals surface area (Å²) in [5, 5.41) is 2.55. The summed E-state index contributed by atoms with van der Waals surface area (Å²) >= 11 is 0. The normalized spacial score (nSPS) is 10.0. The number of nitrogens with one attached hydrogen (secondary N) is 1. The molecule has 0 fully saturated rings. The molecule has 0 atom stereocenters. The van der Waals surface area contributed by atoms with Crippen LogP contribution in [0.2, 0.25) is 0 Å². The van der Waals surface area contributed by atoms with Gasteiger partial charge in [-0.1, -0.05) is 6.92 Å². The quantitative estimate of drug-likeness (QED) is 0.595. The lowest BCUT2D eigenvalue weighted by atomic mass is 10.4. The summed E-state index contributed by atoms with van der Waals surface area (Å²) < 4.78 is 0. The van der Waals surface area contributed by atoms with E-state index in [2.05, 4.69) is 12.2 Å². The van der Waals surface area contributed by atoms with Gasteiger partial charge in [0.25, 0.3) is 0 Å². The van der Waals surface area contributed by atoms with Gasteiger partial charge >= 0.3 is 0 Å². The molecule has 0 unspecified atom stereocenters. The zero-order chi connectivity index (χ0) is 7.98. The molecular weight excluding hydrogens is 128 g/mol. The summed E-state index contributed by atoms with van der Waals surface area (Å²) in [5.74, 6) is 0.0518. The molecule has 0 saturated heterocycles. The molecule has 0 heterocycles. The maximum atomic E-state index is 10.7. The second-order valence-corrected chi connectivity index (χ2v) is 2.26. The maximum absolute atomic E-state index is 10.7. The summed E-state index contributed by atoms with van der Waals surface area (Å²) in [6.45, 7) is 5.02. The molecule has 10 heavy (non-hydrogen) atoms. The highest BCUT2D eigenvalue weighted by Crippen LogP contribution is 1.83. The summed E-state index contributed by atoms with van der Waals surface area (Å²) in [7, 11) is 3.54. The van der Waals surface area contributed by atoms with Crippen LogP contribution in [0.15, 0.2) is 0 Å². The molecule has 3 heteroatoms.